The van der Waals surface area contributed by atoms with Gasteiger partial charge in [-0.25, -0.2) is 0 Å². The Hall–Kier alpha value is -2.81. The number of carbonyl (C=O) groups is 1. The molecule has 2 aliphatic carbocycles. The number of benzene rings is 2. The van der Waals surface area contributed by atoms with Gasteiger partial charge in [-0.2, -0.15) is 0 Å². The molecule has 2 fully saturated rings. The summed E-state index contributed by atoms with van der Waals surface area (Å²) in [4.78, 5) is 12.3. The fraction of sp³-hybridized carbons (Fsp3) is 0.261. The summed E-state index contributed by atoms with van der Waals surface area (Å²) in [5, 5.41) is 20.2. The number of allylic oxidation sites excluding steroid dienone is 2. The van der Waals surface area contributed by atoms with E-state index in [0.29, 0.717) is 23.3 Å². The standard InChI is InChI=1S/C23H22O3/c24-19(13-11-15-3-1-5-20(25)22(15)17-7-8-17)14-12-16-4-2-6-21(26)23(16)18-9-10-18/h1-6,11-14,17-18,25-26H,7-10H2. The molecule has 3 nitrogen and oxygen atoms in total. The van der Waals surface area contributed by atoms with Crippen LogP contribution in [0, 0.1) is 0 Å². The van der Waals surface area contributed by atoms with Crippen LogP contribution in [-0.2, 0) is 4.79 Å². The Morgan fingerprint density at radius 2 is 1.19 bits per heavy atom. The fourth-order valence-corrected chi connectivity index (χ4v) is 3.46. The van der Waals surface area contributed by atoms with Gasteiger partial charge in [0.1, 0.15) is 11.5 Å². The number of phenolic OH excluding ortho intramolecular Hbond substituents is 2. The van der Waals surface area contributed by atoms with Gasteiger partial charge < -0.3 is 10.2 Å². The molecule has 2 N–H and O–H groups in total. The average molecular weight is 346 g/mol. The lowest BCUT2D eigenvalue weighted by Crippen LogP contribution is -1.90. The molecule has 26 heavy (non-hydrogen) atoms. The normalized spacial score (nSPS) is 17.2. The number of ketones is 1. The summed E-state index contributed by atoms with van der Waals surface area (Å²) in [6.45, 7) is 0. The smallest absolute Gasteiger partial charge is 0.178 e. The highest BCUT2D eigenvalue weighted by Gasteiger charge is 2.28. The molecule has 0 saturated heterocycles. The van der Waals surface area contributed by atoms with E-state index in [1.807, 2.05) is 12.1 Å². The second-order valence-electron chi connectivity index (χ2n) is 7.18. The molecule has 0 amide bonds. The SMILES string of the molecule is O=C(C=Cc1cccc(O)c1C1CC1)C=Cc1cccc(O)c1C1CC1. The second-order valence-corrected chi connectivity index (χ2v) is 7.18. The lowest BCUT2D eigenvalue weighted by atomic mass is 10.0. The van der Waals surface area contributed by atoms with E-state index in [9.17, 15) is 15.0 Å². The number of hydrogen-bond donors (Lipinski definition) is 2. The van der Waals surface area contributed by atoms with Crippen LogP contribution in [0.25, 0.3) is 12.2 Å². The van der Waals surface area contributed by atoms with Crippen molar-refractivity contribution in [3.63, 3.8) is 0 Å². The summed E-state index contributed by atoms with van der Waals surface area (Å²) in [6.07, 6.45) is 11.0. The van der Waals surface area contributed by atoms with Gasteiger partial charge in [-0.3, -0.25) is 4.79 Å². The number of phenols is 2. The molecule has 0 radical (unpaired) electrons. The largest absolute Gasteiger partial charge is 0.508 e. The predicted molar refractivity (Wildman–Crippen MR) is 103 cm³/mol. The maximum absolute atomic E-state index is 12.3. The van der Waals surface area contributed by atoms with E-state index >= 15 is 0 Å². The van der Waals surface area contributed by atoms with Crippen LogP contribution in [0.2, 0.25) is 0 Å². The maximum atomic E-state index is 12.3. The lowest BCUT2D eigenvalue weighted by Gasteiger charge is -2.07. The zero-order valence-electron chi connectivity index (χ0n) is 14.6. The molecule has 2 saturated carbocycles. The molecule has 0 spiro atoms. The Morgan fingerprint density at radius 3 is 1.58 bits per heavy atom. The van der Waals surface area contributed by atoms with Crippen LogP contribution in [0.3, 0.4) is 0 Å². The maximum Gasteiger partial charge on any atom is 0.178 e. The topological polar surface area (TPSA) is 57.5 Å². The third kappa shape index (κ3) is 3.57. The van der Waals surface area contributed by atoms with E-state index in [4.69, 9.17) is 0 Å². The minimum Gasteiger partial charge on any atom is -0.508 e. The summed E-state index contributed by atoms with van der Waals surface area (Å²) in [6, 6.07) is 10.9. The van der Waals surface area contributed by atoms with Crippen molar-refractivity contribution < 1.29 is 15.0 Å². The first kappa shape index (κ1) is 16.6. The third-order valence-corrected chi connectivity index (χ3v) is 5.06. The van der Waals surface area contributed by atoms with Crippen molar-refractivity contribution in [2.24, 2.45) is 0 Å². The van der Waals surface area contributed by atoms with Crippen LogP contribution in [0.5, 0.6) is 11.5 Å². The van der Waals surface area contributed by atoms with Crippen molar-refractivity contribution in [3.05, 3.63) is 70.8 Å². The van der Waals surface area contributed by atoms with Gasteiger partial charge in [-0.05, 0) is 72.9 Å². The van der Waals surface area contributed by atoms with Gasteiger partial charge in [0.15, 0.2) is 5.78 Å². The molecule has 0 aromatic heterocycles. The minimum atomic E-state index is -0.111. The van der Waals surface area contributed by atoms with Gasteiger partial charge in [0.05, 0.1) is 0 Å². The molecule has 2 aromatic carbocycles. The molecule has 2 aromatic rings. The first-order valence-electron chi connectivity index (χ1n) is 9.17. The summed E-state index contributed by atoms with van der Waals surface area (Å²) < 4.78 is 0. The minimum absolute atomic E-state index is 0.111. The molecule has 0 aliphatic heterocycles. The summed E-state index contributed by atoms with van der Waals surface area (Å²) in [5.74, 6) is 1.34. The number of aromatic hydroxyl groups is 2. The van der Waals surface area contributed by atoms with E-state index < -0.39 is 0 Å². The highest BCUT2D eigenvalue weighted by atomic mass is 16.3. The third-order valence-electron chi connectivity index (χ3n) is 5.06. The van der Waals surface area contributed by atoms with Gasteiger partial charge in [-0.1, -0.05) is 36.4 Å². The van der Waals surface area contributed by atoms with E-state index in [0.717, 1.165) is 47.9 Å². The second kappa shape index (κ2) is 6.83. The molecular formula is C23H22O3. The fourth-order valence-electron chi connectivity index (χ4n) is 3.46. The van der Waals surface area contributed by atoms with E-state index in [1.54, 1.807) is 36.4 Å². The Bertz CT molecular complexity index is 826. The Labute approximate surface area is 153 Å². The van der Waals surface area contributed by atoms with Crippen molar-refractivity contribution in [1.82, 2.24) is 0 Å². The van der Waals surface area contributed by atoms with Crippen molar-refractivity contribution in [3.8, 4) is 11.5 Å². The summed E-state index contributed by atoms with van der Waals surface area (Å²) in [7, 11) is 0. The molecule has 132 valence electrons. The van der Waals surface area contributed by atoms with Crippen LogP contribution in [0.4, 0.5) is 0 Å². The highest BCUT2D eigenvalue weighted by molar-refractivity contribution is 6.04. The predicted octanol–water partition coefficient (Wildman–Crippen LogP) is 5.15. The molecule has 0 unspecified atom stereocenters. The molecule has 0 heterocycles. The first-order chi connectivity index (χ1) is 12.6. The van der Waals surface area contributed by atoms with E-state index in [-0.39, 0.29) is 5.78 Å². The summed E-state index contributed by atoms with van der Waals surface area (Å²) >= 11 is 0. The van der Waals surface area contributed by atoms with Crippen LogP contribution in [-0.4, -0.2) is 16.0 Å². The van der Waals surface area contributed by atoms with Gasteiger partial charge in [-0.15, -0.1) is 0 Å². The molecule has 0 bridgehead atoms. The number of carbonyl (C=O) groups excluding carboxylic acids is 1. The average Bonchev–Trinajstić information content (AvgIpc) is 3.51. The Kier molecular flexibility index (Phi) is 4.37. The van der Waals surface area contributed by atoms with Crippen LogP contribution in [0.15, 0.2) is 48.6 Å². The monoisotopic (exact) mass is 346 g/mol. The zero-order chi connectivity index (χ0) is 18.1. The van der Waals surface area contributed by atoms with Crippen LogP contribution in [0.1, 0.15) is 59.8 Å². The van der Waals surface area contributed by atoms with Gasteiger partial charge in [0.2, 0.25) is 0 Å². The van der Waals surface area contributed by atoms with Crippen LogP contribution < -0.4 is 0 Å². The Morgan fingerprint density at radius 1 is 0.769 bits per heavy atom. The number of rotatable bonds is 6. The zero-order valence-corrected chi connectivity index (χ0v) is 14.6. The molecule has 3 heteroatoms. The summed E-state index contributed by atoms with van der Waals surface area (Å²) in [5.41, 5.74) is 3.71. The van der Waals surface area contributed by atoms with Gasteiger partial charge in [0.25, 0.3) is 0 Å². The quantitative estimate of drug-likeness (QED) is 0.711. The Balaban J connectivity index is 1.52. The van der Waals surface area contributed by atoms with E-state index in [1.165, 1.54) is 12.2 Å². The van der Waals surface area contributed by atoms with E-state index in [2.05, 4.69) is 0 Å². The molecule has 2 aliphatic rings. The highest BCUT2D eigenvalue weighted by Crippen LogP contribution is 2.46. The van der Waals surface area contributed by atoms with Gasteiger partial charge in [0, 0.05) is 11.1 Å². The van der Waals surface area contributed by atoms with Crippen LogP contribution >= 0.6 is 0 Å². The van der Waals surface area contributed by atoms with Crippen molar-refractivity contribution in [2.75, 3.05) is 0 Å². The molecule has 0 atom stereocenters. The van der Waals surface area contributed by atoms with Crippen molar-refractivity contribution in [2.45, 2.75) is 37.5 Å². The lowest BCUT2D eigenvalue weighted by molar-refractivity contribution is -0.110. The number of hydrogen-bond acceptors (Lipinski definition) is 3. The van der Waals surface area contributed by atoms with Gasteiger partial charge >= 0.3 is 0 Å². The van der Waals surface area contributed by atoms with Crippen molar-refractivity contribution in [1.29, 1.82) is 0 Å². The molecular weight excluding hydrogens is 324 g/mol. The van der Waals surface area contributed by atoms with Crippen molar-refractivity contribution >= 4 is 17.9 Å². The molecule has 4 rings (SSSR count). The first-order valence-corrected chi connectivity index (χ1v) is 9.17.